The van der Waals surface area contributed by atoms with Crippen LogP contribution in [-0.4, -0.2) is 16.5 Å². The van der Waals surface area contributed by atoms with Gasteiger partial charge in [0.15, 0.2) is 17.5 Å². The van der Waals surface area contributed by atoms with E-state index in [1.165, 1.54) is 6.07 Å². The molecule has 0 N–H and O–H groups in total. The molecular formula is C15H15ClN2O4. The molecule has 0 radical (unpaired) electrons. The molecule has 0 aromatic heterocycles. The Morgan fingerprint density at radius 1 is 1.36 bits per heavy atom. The van der Waals surface area contributed by atoms with Gasteiger partial charge in [-0.1, -0.05) is 32.4 Å². The van der Waals surface area contributed by atoms with E-state index >= 15 is 0 Å². The Morgan fingerprint density at radius 3 is 2.32 bits per heavy atom. The zero-order valence-electron chi connectivity index (χ0n) is 12.6. The number of nitriles is 1. The summed E-state index contributed by atoms with van der Waals surface area (Å²) in [6, 6.07) is 3.95. The Labute approximate surface area is 132 Å². The van der Waals surface area contributed by atoms with Gasteiger partial charge in [-0.3, -0.25) is 19.7 Å². The van der Waals surface area contributed by atoms with Crippen LogP contribution in [0.25, 0.3) is 0 Å². The number of nitro groups is 1. The van der Waals surface area contributed by atoms with Crippen LogP contribution in [0, 0.1) is 39.7 Å². The van der Waals surface area contributed by atoms with Gasteiger partial charge in [0.05, 0.1) is 21.6 Å². The van der Waals surface area contributed by atoms with E-state index in [2.05, 4.69) is 0 Å². The minimum absolute atomic E-state index is 0.138. The molecule has 0 saturated heterocycles. The van der Waals surface area contributed by atoms with E-state index in [0.29, 0.717) is 5.56 Å². The second kappa shape index (κ2) is 6.24. The van der Waals surface area contributed by atoms with Crippen LogP contribution in [0.4, 0.5) is 5.69 Å². The van der Waals surface area contributed by atoms with Gasteiger partial charge >= 0.3 is 0 Å². The van der Waals surface area contributed by atoms with Gasteiger partial charge in [-0.05, 0) is 18.6 Å². The highest BCUT2D eigenvalue weighted by Crippen LogP contribution is 2.30. The summed E-state index contributed by atoms with van der Waals surface area (Å²) in [5, 5.41) is 20.4. The molecule has 0 amide bonds. The molecule has 0 spiro atoms. The molecule has 0 heterocycles. The molecule has 7 heteroatoms. The Balaban J connectivity index is 3.45. The Morgan fingerprint density at radius 2 is 1.91 bits per heavy atom. The first-order valence-corrected chi connectivity index (χ1v) is 6.81. The van der Waals surface area contributed by atoms with Crippen LogP contribution in [0.5, 0.6) is 0 Å². The SMILES string of the molecule is Cc1cc(C(=O)C(C#N)C(=O)C(C)(C)C)c([N+](=O)[O-])cc1Cl. The quantitative estimate of drug-likeness (QED) is 0.365. The summed E-state index contributed by atoms with van der Waals surface area (Å²) in [6.45, 7) is 6.31. The lowest BCUT2D eigenvalue weighted by Crippen LogP contribution is -2.33. The molecule has 0 saturated carbocycles. The van der Waals surface area contributed by atoms with Gasteiger partial charge in [-0.15, -0.1) is 0 Å². The Kier molecular flexibility index (Phi) is 5.05. The largest absolute Gasteiger partial charge is 0.297 e. The van der Waals surface area contributed by atoms with Crippen molar-refractivity contribution < 1.29 is 14.5 Å². The van der Waals surface area contributed by atoms with Crippen LogP contribution < -0.4 is 0 Å². The number of aryl methyl sites for hydroxylation is 1. The molecule has 1 atom stereocenters. The second-order valence-corrected chi connectivity index (χ2v) is 6.32. The summed E-state index contributed by atoms with van der Waals surface area (Å²) in [4.78, 5) is 35.0. The number of carbonyl (C=O) groups excluding carboxylic acids is 2. The number of Topliss-reactive ketones (excluding diaryl/α,β-unsaturated/α-hetero) is 2. The molecule has 1 aromatic rings. The maximum absolute atomic E-state index is 12.5. The lowest BCUT2D eigenvalue weighted by Gasteiger charge is -2.19. The van der Waals surface area contributed by atoms with Crippen molar-refractivity contribution >= 4 is 28.9 Å². The topological polar surface area (TPSA) is 101 Å². The Hall–Kier alpha value is -2.26. The standard InChI is InChI=1S/C15H15ClN2O4/c1-8-5-9(12(18(21)22)6-11(8)16)13(19)10(7-17)14(20)15(2,3)4/h5-6,10H,1-4H3. The molecule has 0 fully saturated rings. The highest BCUT2D eigenvalue weighted by Gasteiger charge is 2.37. The van der Waals surface area contributed by atoms with Crippen molar-refractivity contribution in [2.45, 2.75) is 27.7 Å². The molecule has 1 rings (SSSR count). The number of rotatable bonds is 4. The minimum atomic E-state index is -1.58. The van der Waals surface area contributed by atoms with E-state index < -0.39 is 33.5 Å². The summed E-state index contributed by atoms with van der Waals surface area (Å²) in [5.41, 5.74) is -1.25. The fourth-order valence-electron chi connectivity index (χ4n) is 1.84. The number of halogens is 1. The number of benzene rings is 1. The van der Waals surface area contributed by atoms with Crippen molar-refractivity contribution in [1.82, 2.24) is 0 Å². The molecule has 22 heavy (non-hydrogen) atoms. The molecule has 0 aliphatic rings. The molecule has 1 aromatic carbocycles. The molecular weight excluding hydrogens is 308 g/mol. The number of carbonyl (C=O) groups is 2. The van der Waals surface area contributed by atoms with E-state index in [1.807, 2.05) is 0 Å². The predicted octanol–water partition coefficient (Wildman–Crippen LogP) is 3.49. The average molecular weight is 323 g/mol. The van der Waals surface area contributed by atoms with Gasteiger partial charge in [0.1, 0.15) is 0 Å². The molecule has 0 bridgehead atoms. The van der Waals surface area contributed by atoms with E-state index in [0.717, 1.165) is 6.07 Å². The van der Waals surface area contributed by atoms with Crippen molar-refractivity contribution in [3.8, 4) is 6.07 Å². The summed E-state index contributed by atoms with van der Waals surface area (Å²) in [7, 11) is 0. The monoisotopic (exact) mass is 322 g/mol. The fourth-order valence-corrected chi connectivity index (χ4v) is 2.00. The van der Waals surface area contributed by atoms with Gasteiger partial charge in [0.2, 0.25) is 0 Å². The number of nitrogens with zero attached hydrogens (tertiary/aromatic N) is 2. The molecule has 6 nitrogen and oxygen atoms in total. The van der Waals surface area contributed by atoms with Gasteiger partial charge in [-0.2, -0.15) is 5.26 Å². The van der Waals surface area contributed by atoms with Crippen LogP contribution >= 0.6 is 11.6 Å². The minimum Gasteiger partial charge on any atom is -0.297 e. The first-order chi connectivity index (χ1) is 10.0. The Bertz CT molecular complexity index is 699. The van der Waals surface area contributed by atoms with Crippen LogP contribution in [-0.2, 0) is 4.79 Å². The van der Waals surface area contributed by atoms with E-state index in [4.69, 9.17) is 16.9 Å². The normalized spacial score (nSPS) is 12.4. The second-order valence-electron chi connectivity index (χ2n) is 5.92. The van der Waals surface area contributed by atoms with Crippen molar-refractivity contribution in [2.24, 2.45) is 11.3 Å². The van der Waals surface area contributed by atoms with Gasteiger partial charge in [0, 0.05) is 11.5 Å². The molecule has 0 aliphatic heterocycles. The maximum atomic E-state index is 12.5. The predicted molar refractivity (Wildman–Crippen MR) is 80.7 cm³/mol. The summed E-state index contributed by atoms with van der Waals surface area (Å²) >= 11 is 5.84. The summed E-state index contributed by atoms with van der Waals surface area (Å²) in [5.74, 6) is -3.05. The van der Waals surface area contributed by atoms with Crippen molar-refractivity contribution in [2.75, 3.05) is 0 Å². The summed E-state index contributed by atoms with van der Waals surface area (Å²) < 4.78 is 0. The highest BCUT2D eigenvalue weighted by atomic mass is 35.5. The fraction of sp³-hybridized carbons (Fsp3) is 0.400. The zero-order valence-corrected chi connectivity index (χ0v) is 13.4. The van der Waals surface area contributed by atoms with Crippen LogP contribution in [0.3, 0.4) is 0 Å². The highest BCUT2D eigenvalue weighted by molar-refractivity contribution is 6.32. The third kappa shape index (κ3) is 3.49. The number of nitro benzene ring substituents is 1. The van der Waals surface area contributed by atoms with E-state index in [-0.39, 0.29) is 10.6 Å². The molecule has 1 unspecified atom stereocenters. The molecule has 116 valence electrons. The van der Waals surface area contributed by atoms with Crippen molar-refractivity contribution in [1.29, 1.82) is 5.26 Å². The van der Waals surface area contributed by atoms with Gasteiger partial charge in [-0.25, -0.2) is 0 Å². The first kappa shape index (κ1) is 17.8. The smallest absolute Gasteiger partial charge is 0.281 e. The van der Waals surface area contributed by atoms with Crippen LogP contribution in [0.2, 0.25) is 5.02 Å². The average Bonchev–Trinajstić information content (AvgIpc) is 2.40. The third-order valence-electron chi connectivity index (χ3n) is 3.13. The lowest BCUT2D eigenvalue weighted by atomic mass is 9.80. The number of ketones is 2. The van der Waals surface area contributed by atoms with E-state index in [9.17, 15) is 19.7 Å². The van der Waals surface area contributed by atoms with Gasteiger partial charge < -0.3 is 0 Å². The van der Waals surface area contributed by atoms with Crippen LogP contribution in [0.15, 0.2) is 12.1 Å². The third-order valence-corrected chi connectivity index (χ3v) is 3.54. The first-order valence-electron chi connectivity index (χ1n) is 6.43. The lowest BCUT2D eigenvalue weighted by molar-refractivity contribution is -0.385. The zero-order chi connectivity index (χ0) is 17.2. The number of hydrogen-bond acceptors (Lipinski definition) is 5. The number of hydrogen-bond donors (Lipinski definition) is 0. The van der Waals surface area contributed by atoms with Crippen molar-refractivity contribution in [3.63, 3.8) is 0 Å². The van der Waals surface area contributed by atoms with Gasteiger partial charge in [0.25, 0.3) is 5.69 Å². The molecule has 0 aliphatic carbocycles. The van der Waals surface area contributed by atoms with Crippen molar-refractivity contribution in [3.05, 3.63) is 38.4 Å². The summed E-state index contributed by atoms with van der Waals surface area (Å²) in [6.07, 6.45) is 0. The van der Waals surface area contributed by atoms with Crippen LogP contribution in [0.1, 0.15) is 36.7 Å². The van der Waals surface area contributed by atoms with E-state index in [1.54, 1.807) is 33.8 Å². The maximum Gasteiger partial charge on any atom is 0.281 e.